The van der Waals surface area contributed by atoms with Crippen molar-refractivity contribution in [1.82, 2.24) is 0 Å². The summed E-state index contributed by atoms with van der Waals surface area (Å²) in [6.07, 6.45) is 2.60. The van der Waals surface area contributed by atoms with Crippen molar-refractivity contribution in [2.24, 2.45) is 5.73 Å². The summed E-state index contributed by atoms with van der Waals surface area (Å²) in [6.45, 7) is -0.515. The maximum absolute atomic E-state index is 12.1. The van der Waals surface area contributed by atoms with E-state index >= 15 is 0 Å². The molecule has 0 atom stereocenters. The van der Waals surface area contributed by atoms with Crippen LogP contribution in [0.25, 0.3) is 0 Å². The number of carbonyl (C=O) groups is 3. The van der Waals surface area contributed by atoms with Crippen LogP contribution in [0.2, 0.25) is 10.0 Å². The number of thiophene rings is 1. The van der Waals surface area contributed by atoms with Crippen LogP contribution in [0.15, 0.2) is 18.2 Å². The fourth-order valence-electron chi connectivity index (χ4n) is 2.78. The van der Waals surface area contributed by atoms with E-state index in [0.717, 1.165) is 29.7 Å². The number of hydrogen-bond acceptors (Lipinski definition) is 5. The second kappa shape index (κ2) is 7.65. The third kappa shape index (κ3) is 3.85. The number of anilines is 1. The third-order valence-electron chi connectivity index (χ3n) is 3.91. The van der Waals surface area contributed by atoms with E-state index in [9.17, 15) is 14.4 Å². The predicted molar refractivity (Wildman–Crippen MR) is 100 cm³/mol. The zero-order valence-electron chi connectivity index (χ0n) is 13.4. The summed E-state index contributed by atoms with van der Waals surface area (Å²) in [5, 5.41) is 3.51. The number of nitrogens with one attached hydrogen (secondary N) is 1. The van der Waals surface area contributed by atoms with Crippen LogP contribution >= 0.6 is 34.5 Å². The first-order valence-electron chi connectivity index (χ1n) is 7.73. The van der Waals surface area contributed by atoms with Crippen molar-refractivity contribution in [2.45, 2.75) is 19.3 Å². The number of rotatable bonds is 5. The molecule has 2 amide bonds. The summed E-state index contributed by atoms with van der Waals surface area (Å²) in [6, 6.07) is 4.32. The first-order valence-corrected chi connectivity index (χ1v) is 9.30. The Bertz CT molecular complexity index is 910. The van der Waals surface area contributed by atoms with Crippen molar-refractivity contribution in [3.05, 3.63) is 49.8 Å². The molecule has 1 aliphatic rings. The van der Waals surface area contributed by atoms with E-state index in [2.05, 4.69) is 5.32 Å². The standard InChI is InChI=1S/C17H14Cl2N2O4S/c18-8-4-5-9(11(19)6-8)17(24)25-7-13(22)21-16-14(15(20)23)10-2-1-3-12(10)26-16/h4-6H,1-3,7H2,(H2,20,23)(H,21,22). The number of halogens is 2. The van der Waals surface area contributed by atoms with Gasteiger partial charge in [0.05, 0.1) is 16.1 Å². The minimum absolute atomic E-state index is 0.108. The van der Waals surface area contributed by atoms with Gasteiger partial charge in [0.1, 0.15) is 5.00 Å². The second-order valence-corrected chi connectivity index (χ2v) is 7.62. The fraction of sp³-hybridized carbons (Fsp3) is 0.235. The van der Waals surface area contributed by atoms with Crippen LogP contribution in [0, 0.1) is 0 Å². The molecule has 9 heteroatoms. The van der Waals surface area contributed by atoms with E-state index in [1.165, 1.54) is 29.5 Å². The van der Waals surface area contributed by atoms with Crippen molar-refractivity contribution < 1.29 is 19.1 Å². The number of aryl methyl sites for hydroxylation is 1. The van der Waals surface area contributed by atoms with Crippen LogP contribution < -0.4 is 11.1 Å². The van der Waals surface area contributed by atoms with Crippen LogP contribution in [0.5, 0.6) is 0 Å². The number of benzene rings is 1. The molecule has 0 saturated heterocycles. The van der Waals surface area contributed by atoms with E-state index in [0.29, 0.717) is 15.6 Å². The summed E-state index contributed by atoms with van der Waals surface area (Å²) < 4.78 is 4.97. The Morgan fingerprint density at radius 1 is 1.23 bits per heavy atom. The molecule has 0 unspecified atom stereocenters. The quantitative estimate of drug-likeness (QED) is 0.734. The molecular formula is C17H14Cl2N2O4S. The average molecular weight is 413 g/mol. The summed E-state index contributed by atoms with van der Waals surface area (Å²) in [5.74, 6) is -1.89. The van der Waals surface area contributed by atoms with E-state index in [1.54, 1.807) is 0 Å². The zero-order valence-corrected chi connectivity index (χ0v) is 15.8. The molecular weight excluding hydrogens is 399 g/mol. The molecule has 0 bridgehead atoms. The Labute approximate surface area is 163 Å². The summed E-state index contributed by atoms with van der Waals surface area (Å²) in [5.41, 5.74) is 6.80. The molecule has 1 heterocycles. The summed E-state index contributed by atoms with van der Waals surface area (Å²) in [7, 11) is 0. The maximum Gasteiger partial charge on any atom is 0.340 e. The maximum atomic E-state index is 12.1. The lowest BCUT2D eigenvalue weighted by atomic mass is 10.1. The SMILES string of the molecule is NC(=O)c1c(NC(=O)COC(=O)c2ccc(Cl)cc2Cl)sc2c1CCC2. The molecule has 0 aliphatic heterocycles. The number of amides is 2. The van der Waals surface area contributed by atoms with Gasteiger partial charge >= 0.3 is 5.97 Å². The first kappa shape index (κ1) is 18.7. The fourth-order valence-corrected chi connectivity index (χ4v) is 4.58. The zero-order chi connectivity index (χ0) is 18.8. The Balaban J connectivity index is 1.65. The minimum atomic E-state index is -0.745. The lowest BCUT2D eigenvalue weighted by Crippen LogP contribution is -2.22. The van der Waals surface area contributed by atoms with Gasteiger partial charge in [0, 0.05) is 9.90 Å². The highest BCUT2D eigenvalue weighted by atomic mass is 35.5. The van der Waals surface area contributed by atoms with Gasteiger partial charge in [0.25, 0.3) is 11.8 Å². The van der Waals surface area contributed by atoms with E-state index in [1.807, 2.05) is 0 Å². The van der Waals surface area contributed by atoms with Crippen LogP contribution in [0.4, 0.5) is 5.00 Å². The van der Waals surface area contributed by atoms with Gasteiger partial charge in [-0.15, -0.1) is 11.3 Å². The highest BCUT2D eigenvalue weighted by Crippen LogP contribution is 2.38. The predicted octanol–water partition coefficient (Wildman–Crippen LogP) is 3.44. The van der Waals surface area contributed by atoms with Crippen molar-refractivity contribution in [1.29, 1.82) is 0 Å². The molecule has 136 valence electrons. The molecule has 26 heavy (non-hydrogen) atoms. The molecule has 3 rings (SSSR count). The molecule has 0 saturated carbocycles. The largest absolute Gasteiger partial charge is 0.452 e. The Morgan fingerprint density at radius 3 is 2.69 bits per heavy atom. The van der Waals surface area contributed by atoms with E-state index in [-0.39, 0.29) is 10.6 Å². The molecule has 1 aromatic heterocycles. The smallest absolute Gasteiger partial charge is 0.340 e. The van der Waals surface area contributed by atoms with Gasteiger partial charge in [-0.25, -0.2) is 4.79 Å². The molecule has 0 fully saturated rings. The molecule has 6 nitrogen and oxygen atoms in total. The van der Waals surface area contributed by atoms with Crippen molar-refractivity contribution in [2.75, 3.05) is 11.9 Å². The van der Waals surface area contributed by atoms with Gasteiger partial charge in [-0.3, -0.25) is 9.59 Å². The van der Waals surface area contributed by atoms with Crippen LogP contribution in [0.3, 0.4) is 0 Å². The number of fused-ring (bicyclic) bond motifs is 1. The summed E-state index contributed by atoms with van der Waals surface area (Å²) >= 11 is 13.0. The second-order valence-electron chi connectivity index (χ2n) is 5.67. The van der Waals surface area contributed by atoms with Crippen molar-refractivity contribution in [3.63, 3.8) is 0 Å². The van der Waals surface area contributed by atoms with E-state index in [4.69, 9.17) is 33.7 Å². The van der Waals surface area contributed by atoms with Gasteiger partial charge in [-0.05, 0) is 43.0 Å². The lowest BCUT2D eigenvalue weighted by molar-refractivity contribution is -0.119. The average Bonchev–Trinajstić information content (AvgIpc) is 3.12. The monoisotopic (exact) mass is 412 g/mol. The Hall–Kier alpha value is -2.09. The number of primary amides is 1. The lowest BCUT2D eigenvalue weighted by Gasteiger charge is -2.08. The normalized spacial score (nSPS) is 12.5. The first-order chi connectivity index (χ1) is 12.4. The molecule has 3 N–H and O–H groups in total. The van der Waals surface area contributed by atoms with Crippen molar-refractivity contribution in [3.8, 4) is 0 Å². The number of nitrogens with two attached hydrogens (primary N) is 1. The van der Waals surface area contributed by atoms with Crippen LogP contribution in [-0.4, -0.2) is 24.4 Å². The molecule has 1 aromatic carbocycles. The van der Waals surface area contributed by atoms with Crippen LogP contribution in [0.1, 0.15) is 37.6 Å². The van der Waals surface area contributed by atoms with Gasteiger partial charge in [0.2, 0.25) is 0 Å². The van der Waals surface area contributed by atoms with Gasteiger partial charge in [0.15, 0.2) is 6.61 Å². The highest BCUT2D eigenvalue weighted by molar-refractivity contribution is 7.17. The minimum Gasteiger partial charge on any atom is -0.452 e. The number of esters is 1. The summed E-state index contributed by atoms with van der Waals surface area (Å²) in [4.78, 5) is 36.9. The molecule has 0 spiro atoms. The van der Waals surface area contributed by atoms with Crippen molar-refractivity contribution >= 4 is 57.3 Å². The molecule has 2 aromatic rings. The van der Waals surface area contributed by atoms with E-state index < -0.39 is 24.4 Å². The van der Waals surface area contributed by atoms with Gasteiger partial charge in [-0.2, -0.15) is 0 Å². The van der Waals surface area contributed by atoms with Gasteiger partial charge < -0.3 is 15.8 Å². The highest BCUT2D eigenvalue weighted by Gasteiger charge is 2.26. The number of carbonyl (C=O) groups excluding carboxylic acids is 3. The number of hydrogen-bond donors (Lipinski definition) is 2. The van der Waals surface area contributed by atoms with Crippen LogP contribution in [-0.2, 0) is 22.4 Å². The Kier molecular flexibility index (Phi) is 5.50. The molecule has 0 radical (unpaired) electrons. The third-order valence-corrected chi connectivity index (χ3v) is 5.66. The number of ether oxygens (including phenoxy) is 1. The topological polar surface area (TPSA) is 98.5 Å². The Morgan fingerprint density at radius 2 is 2.00 bits per heavy atom. The molecule has 1 aliphatic carbocycles. The van der Waals surface area contributed by atoms with Gasteiger partial charge in [-0.1, -0.05) is 23.2 Å².